The van der Waals surface area contributed by atoms with Crippen LogP contribution in [0.4, 0.5) is 23.2 Å². The molecular formula is C21H12Cl2F4N4O2. The van der Waals surface area contributed by atoms with Gasteiger partial charge in [-0.3, -0.25) is 4.79 Å². The van der Waals surface area contributed by atoms with Crippen LogP contribution < -0.4 is 5.32 Å². The Morgan fingerprint density at radius 1 is 1.15 bits per heavy atom. The van der Waals surface area contributed by atoms with Crippen LogP contribution in [-0.2, 0) is 11.0 Å². The summed E-state index contributed by atoms with van der Waals surface area (Å²) in [5.74, 6) is -1.93. The van der Waals surface area contributed by atoms with Crippen LogP contribution in [0.2, 0.25) is 10.0 Å². The molecule has 1 N–H and O–H groups in total. The first kappa shape index (κ1) is 22.8. The normalized spacial score (nSPS) is 11.6. The van der Waals surface area contributed by atoms with Gasteiger partial charge in [-0.1, -0.05) is 40.5 Å². The van der Waals surface area contributed by atoms with E-state index >= 15 is 0 Å². The fourth-order valence-corrected chi connectivity index (χ4v) is 3.69. The molecule has 4 rings (SSSR count). The minimum atomic E-state index is -4.90. The summed E-state index contributed by atoms with van der Waals surface area (Å²) in [6, 6.07) is 9.45. The van der Waals surface area contributed by atoms with Gasteiger partial charge < -0.3 is 9.84 Å². The first-order valence-corrected chi connectivity index (χ1v) is 9.96. The van der Waals surface area contributed by atoms with Crippen molar-refractivity contribution in [2.24, 2.45) is 0 Å². The molecule has 0 radical (unpaired) electrons. The number of alkyl halides is 3. The van der Waals surface area contributed by atoms with Gasteiger partial charge in [-0.2, -0.15) is 18.3 Å². The Morgan fingerprint density at radius 3 is 2.52 bits per heavy atom. The molecule has 0 aliphatic carbocycles. The predicted molar refractivity (Wildman–Crippen MR) is 114 cm³/mol. The van der Waals surface area contributed by atoms with Gasteiger partial charge in [0, 0.05) is 11.9 Å². The molecule has 170 valence electrons. The Labute approximate surface area is 193 Å². The van der Waals surface area contributed by atoms with Gasteiger partial charge in [0.2, 0.25) is 5.91 Å². The van der Waals surface area contributed by atoms with E-state index in [2.05, 4.69) is 15.6 Å². The van der Waals surface area contributed by atoms with E-state index in [0.717, 1.165) is 19.2 Å². The number of anilines is 1. The average Bonchev–Trinajstić information content (AvgIpc) is 3.32. The van der Waals surface area contributed by atoms with Crippen molar-refractivity contribution in [2.75, 3.05) is 5.32 Å². The van der Waals surface area contributed by atoms with Crippen molar-refractivity contribution in [2.45, 2.75) is 13.1 Å². The van der Waals surface area contributed by atoms with Crippen LogP contribution in [0.5, 0.6) is 0 Å². The van der Waals surface area contributed by atoms with Crippen molar-refractivity contribution >= 4 is 34.8 Å². The monoisotopic (exact) mass is 498 g/mol. The largest absolute Gasteiger partial charge is 0.434 e. The lowest BCUT2D eigenvalue weighted by Gasteiger charge is -2.13. The fraction of sp³-hybridized carbons (Fsp3) is 0.0952. The van der Waals surface area contributed by atoms with Gasteiger partial charge in [0.15, 0.2) is 11.5 Å². The summed E-state index contributed by atoms with van der Waals surface area (Å²) < 4.78 is 62.8. The predicted octanol–water partition coefficient (Wildman–Crippen LogP) is 6.62. The molecule has 1 amide bonds. The van der Waals surface area contributed by atoms with Crippen LogP contribution in [0.1, 0.15) is 12.6 Å². The quantitative estimate of drug-likeness (QED) is 0.321. The van der Waals surface area contributed by atoms with Gasteiger partial charge in [0.05, 0.1) is 28.0 Å². The summed E-state index contributed by atoms with van der Waals surface area (Å²) in [4.78, 5) is 11.8. The third kappa shape index (κ3) is 4.31. The van der Waals surface area contributed by atoms with Crippen LogP contribution >= 0.6 is 23.2 Å². The van der Waals surface area contributed by atoms with Crippen LogP contribution in [0.3, 0.4) is 0 Å². The van der Waals surface area contributed by atoms with E-state index in [-0.39, 0.29) is 32.7 Å². The Balaban J connectivity index is 1.99. The number of hydrogen-bond acceptors (Lipinski definition) is 4. The van der Waals surface area contributed by atoms with Crippen LogP contribution in [0.25, 0.3) is 28.3 Å². The molecule has 4 aromatic rings. The second-order valence-corrected chi connectivity index (χ2v) is 7.65. The van der Waals surface area contributed by atoms with Crippen LogP contribution in [0.15, 0.2) is 53.2 Å². The molecule has 0 saturated heterocycles. The summed E-state index contributed by atoms with van der Waals surface area (Å²) in [6.45, 7) is 1.13. The second kappa shape index (κ2) is 8.53. The van der Waals surface area contributed by atoms with E-state index in [1.165, 1.54) is 36.4 Å². The van der Waals surface area contributed by atoms with Crippen molar-refractivity contribution in [3.63, 3.8) is 0 Å². The zero-order valence-electron chi connectivity index (χ0n) is 16.5. The Kier molecular flexibility index (Phi) is 5.89. The molecule has 0 spiro atoms. The highest BCUT2D eigenvalue weighted by molar-refractivity contribution is 6.33. The Morgan fingerprint density at radius 2 is 1.88 bits per heavy atom. The van der Waals surface area contributed by atoms with Crippen molar-refractivity contribution in [1.29, 1.82) is 0 Å². The summed E-state index contributed by atoms with van der Waals surface area (Å²) >= 11 is 12.0. The van der Waals surface area contributed by atoms with Crippen LogP contribution in [-0.4, -0.2) is 20.8 Å². The zero-order chi connectivity index (χ0) is 23.9. The molecule has 2 aromatic heterocycles. The molecule has 2 heterocycles. The lowest BCUT2D eigenvalue weighted by atomic mass is 10.1. The van der Waals surface area contributed by atoms with E-state index < -0.39 is 34.9 Å². The number of nitrogens with zero attached hydrogens (tertiary/aromatic N) is 3. The number of aromatic nitrogens is 3. The molecule has 2 aromatic carbocycles. The molecule has 33 heavy (non-hydrogen) atoms. The number of carbonyl (C=O) groups excluding carboxylic acids is 1. The first-order valence-electron chi connectivity index (χ1n) is 9.21. The smallest absolute Gasteiger partial charge is 0.353 e. The molecule has 0 aliphatic rings. The molecular weight excluding hydrogens is 487 g/mol. The maximum absolute atomic E-state index is 14.5. The zero-order valence-corrected chi connectivity index (χ0v) is 18.1. The van der Waals surface area contributed by atoms with Crippen molar-refractivity contribution in [1.82, 2.24) is 14.9 Å². The second-order valence-electron chi connectivity index (χ2n) is 6.81. The third-order valence-corrected chi connectivity index (χ3v) is 5.08. The van der Waals surface area contributed by atoms with Gasteiger partial charge in [0.1, 0.15) is 17.2 Å². The number of nitrogens with one attached hydrogen (secondary N) is 1. The van der Waals surface area contributed by atoms with E-state index in [4.69, 9.17) is 27.7 Å². The molecule has 0 unspecified atom stereocenters. The average molecular weight is 499 g/mol. The molecule has 0 aliphatic heterocycles. The highest BCUT2D eigenvalue weighted by Crippen LogP contribution is 2.45. The van der Waals surface area contributed by atoms with E-state index in [9.17, 15) is 22.4 Å². The minimum Gasteiger partial charge on any atom is -0.353 e. The Hall–Kier alpha value is -3.37. The SMILES string of the molecule is CC(=O)Nc1c(-c2c(F)cccc2Cl)noc1-c1cnn(-c2cccc(Cl)c2)c1C(F)(F)F. The number of hydrogen-bond donors (Lipinski definition) is 1. The van der Waals surface area contributed by atoms with Gasteiger partial charge in [-0.15, -0.1) is 0 Å². The highest BCUT2D eigenvalue weighted by Gasteiger charge is 2.41. The lowest BCUT2D eigenvalue weighted by molar-refractivity contribution is -0.142. The number of rotatable bonds is 4. The summed E-state index contributed by atoms with van der Waals surface area (Å²) in [5, 5.41) is 10.1. The lowest BCUT2D eigenvalue weighted by Crippen LogP contribution is -2.15. The molecule has 12 heteroatoms. The number of carbonyl (C=O) groups is 1. The topological polar surface area (TPSA) is 73.0 Å². The van der Waals surface area contributed by atoms with Gasteiger partial charge in [-0.25, -0.2) is 9.07 Å². The molecule has 0 fully saturated rings. The number of amides is 1. The van der Waals surface area contributed by atoms with Gasteiger partial charge in [0.25, 0.3) is 0 Å². The maximum Gasteiger partial charge on any atom is 0.434 e. The number of benzene rings is 2. The summed E-state index contributed by atoms with van der Waals surface area (Å²) in [7, 11) is 0. The van der Waals surface area contributed by atoms with E-state index in [0.29, 0.717) is 4.68 Å². The van der Waals surface area contributed by atoms with Crippen molar-refractivity contribution in [3.8, 4) is 28.3 Å². The molecule has 0 bridgehead atoms. The van der Waals surface area contributed by atoms with Crippen molar-refractivity contribution < 1.29 is 26.9 Å². The fourth-order valence-electron chi connectivity index (χ4n) is 3.25. The van der Waals surface area contributed by atoms with Crippen LogP contribution in [0, 0.1) is 5.82 Å². The summed E-state index contributed by atoms with van der Waals surface area (Å²) in [5.41, 5.74) is -2.50. The maximum atomic E-state index is 14.5. The van der Waals surface area contributed by atoms with E-state index in [1.54, 1.807) is 0 Å². The van der Waals surface area contributed by atoms with E-state index in [1.807, 2.05) is 0 Å². The van der Waals surface area contributed by atoms with Gasteiger partial charge in [-0.05, 0) is 30.3 Å². The number of halogens is 6. The summed E-state index contributed by atoms with van der Waals surface area (Å²) in [6.07, 6.45) is -3.99. The minimum absolute atomic E-state index is 0.0408. The standard InChI is InChI=1S/C21H12Cl2F4N4O2/c1-10(32)29-18-17(16-14(23)6-3-7-15(16)24)30-33-19(18)13-9-28-31(20(13)21(25,26)27)12-5-2-4-11(22)8-12/h2-9H,1H3,(H,29,32). The molecule has 0 atom stereocenters. The van der Waals surface area contributed by atoms with Crippen molar-refractivity contribution in [3.05, 3.63) is 70.2 Å². The molecule has 0 saturated carbocycles. The first-order chi connectivity index (χ1) is 15.6. The third-order valence-electron chi connectivity index (χ3n) is 4.53. The molecule has 6 nitrogen and oxygen atoms in total. The highest BCUT2D eigenvalue weighted by atomic mass is 35.5. The Bertz CT molecular complexity index is 1340. The van der Waals surface area contributed by atoms with Gasteiger partial charge >= 0.3 is 6.18 Å².